The Hall–Kier alpha value is -3.13. The van der Waals surface area contributed by atoms with Crippen molar-refractivity contribution in [2.75, 3.05) is 56.1 Å². The van der Waals surface area contributed by atoms with Crippen LogP contribution in [0.3, 0.4) is 0 Å². The highest BCUT2D eigenvalue weighted by atomic mass is 16.5. The number of fused-ring (bicyclic) bond motifs is 1. The van der Waals surface area contributed by atoms with E-state index in [2.05, 4.69) is 55.4 Å². The quantitative estimate of drug-likeness (QED) is 0.436. The molecule has 0 bridgehead atoms. The fraction of sp³-hybridized carbons (Fsp3) is 0.435. The second-order valence-electron chi connectivity index (χ2n) is 7.60. The van der Waals surface area contributed by atoms with Gasteiger partial charge in [-0.25, -0.2) is 14.8 Å². The molecule has 0 atom stereocenters. The summed E-state index contributed by atoms with van der Waals surface area (Å²) < 4.78 is 10.8. The fourth-order valence-corrected chi connectivity index (χ4v) is 4.01. The van der Waals surface area contributed by atoms with Crippen molar-refractivity contribution >= 4 is 28.6 Å². The molecule has 1 aromatic carbocycles. The monoisotopic (exact) mass is 423 g/mol. The van der Waals surface area contributed by atoms with Gasteiger partial charge in [0.15, 0.2) is 0 Å². The Bertz CT molecular complexity index is 1010. The Morgan fingerprint density at radius 1 is 1.16 bits per heavy atom. The van der Waals surface area contributed by atoms with Crippen LogP contribution in [0.15, 0.2) is 41.1 Å². The number of piperazine rings is 1. The molecular formula is C23H29N5O3. The third-order valence-corrected chi connectivity index (χ3v) is 5.58. The number of hydrogen-bond acceptors (Lipinski definition) is 8. The third-order valence-electron chi connectivity index (χ3n) is 5.58. The van der Waals surface area contributed by atoms with E-state index in [-0.39, 0.29) is 0 Å². The zero-order valence-corrected chi connectivity index (χ0v) is 18.1. The van der Waals surface area contributed by atoms with Gasteiger partial charge in [0, 0.05) is 38.4 Å². The highest BCUT2D eigenvalue weighted by Gasteiger charge is 2.23. The number of aryl methyl sites for hydroxylation is 1. The number of carbonyl (C=O) groups is 1. The van der Waals surface area contributed by atoms with Crippen molar-refractivity contribution in [3.63, 3.8) is 0 Å². The molecule has 2 aromatic heterocycles. The molecule has 3 heterocycles. The molecule has 164 valence electrons. The van der Waals surface area contributed by atoms with Crippen molar-refractivity contribution in [3.8, 4) is 0 Å². The molecule has 1 fully saturated rings. The van der Waals surface area contributed by atoms with Gasteiger partial charge in [0.1, 0.15) is 23.5 Å². The summed E-state index contributed by atoms with van der Waals surface area (Å²) in [6.45, 7) is 9.79. The van der Waals surface area contributed by atoms with Crippen molar-refractivity contribution in [1.82, 2.24) is 14.9 Å². The summed E-state index contributed by atoms with van der Waals surface area (Å²) in [5.74, 6) is 0.694. The van der Waals surface area contributed by atoms with Gasteiger partial charge in [-0.05, 0) is 38.9 Å². The maximum Gasteiger partial charge on any atom is 0.342 e. The van der Waals surface area contributed by atoms with E-state index >= 15 is 0 Å². The van der Waals surface area contributed by atoms with Crippen LogP contribution < -0.4 is 10.2 Å². The first-order valence-corrected chi connectivity index (χ1v) is 10.8. The van der Waals surface area contributed by atoms with Crippen LogP contribution >= 0.6 is 0 Å². The second-order valence-corrected chi connectivity index (χ2v) is 7.60. The smallest absolute Gasteiger partial charge is 0.342 e. The number of benzene rings is 1. The lowest BCUT2D eigenvalue weighted by atomic mass is 10.2. The summed E-state index contributed by atoms with van der Waals surface area (Å²) in [5, 5.41) is 3.95. The van der Waals surface area contributed by atoms with Crippen LogP contribution in [0.5, 0.6) is 0 Å². The van der Waals surface area contributed by atoms with E-state index in [1.54, 1.807) is 13.8 Å². The summed E-state index contributed by atoms with van der Waals surface area (Å²) in [5.41, 5.74) is 2.09. The van der Waals surface area contributed by atoms with Gasteiger partial charge in [0.2, 0.25) is 5.71 Å². The van der Waals surface area contributed by atoms with E-state index in [9.17, 15) is 4.79 Å². The lowest BCUT2D eigenvalue weighted by Crippen LogP contribution is -2.46. The van der Waals surface area contributed by atoms with Crippen LogP contribution in [-0.4, -0.2) is 66.7 Å². The molecule has 0 saturated carbocycles. The molecule has 0 radical (unpaired) electrons. The Balaban J connectivity index is 1.31. The topological polar surface area (TPSA) is 83.7 Å². The number of rotatable bonds is 8. The molecule has 1 N–H and O–H groups in total. The first kappa shape index (κ1) is 21.1. The standard InChI is InChI=1S/C23H29N5O3/c1-3-30-23(29)19-17(2)31-22-20(19)21(25-16-26-22)24-10-7-11-27-12-14-28(15-13-27)18-8-5-4-6-9-18/h4-6,8-9,16H,3,7,10-15H2,1-2H3,(H,24,25,26). The van der Waals surface area contributed by atoms with Gasteiger partial charge in [-0.1, -0.05) is 18.2 Å². The molecule has 1 aliphatic heterocycles. The Morgan fingerprint density at radius 2 is 1.94 bits per heavy atom. The Kier molecular flexibility index (Phi) is 6.66. The van der Waals surface area contributed by atoms with Gasteiger partial charge in [0.05, 0.1) is 12.0 Å². The lowest BCUT2D eigenvalue weighted by Gasteiger charge is -2.36. The molecule has 0 amide bonds. The highest BCUT2D eigenvalue weighted by Crippen LogP contribution is 2.29. The summed E-state index contributed by atoms with van der Waals surface area (Å²) in [6.07, 6.45) is 2.42. The average Bonchev–Trinajstić information content (AvgIpc) is 3.14. The number of ether oxygens (including phenoxy) is 1. The van der Waals surface area contributed by atoms with E-state index in [1.165, 1.54) is 12.0 Å². The number of para-hydroxylation sites is 1. The number of nitrogens with zero attached hydrogens (tertiary/aromatic N) is 4. The Morgan fingerprint density at radius 3 is 2.68 bits per heavy atom. The minimum absolute atomic E-state index is 0.304. The molecule has 0 unspecified atom stereocenters. The van der Waals surface area contributed by atoms with Crippen molar-refractivity contribution in [2.45, 2.75) is 20.3 Å². The summed E-state index contributed by atoms with van der Waals surface area (Å²) >= 11 is 0. The van der Waals surface area contributed by atoms with Gasteiger partial charge in [-0.15, -0.1) is 0 Å². The van der Waals surface area contributed by atoms with Crippen LogP contribution in [0.4, 0.5) is 11.5 Å². The minimum Gasteiger partial charge on any atom is -0.462 e. The molecule has 8 heteroatoms. The normalized spacial score (nSPS) is 14.7. The van der Waals surface area contributed by atoms with Crippen LogP contribution in [0.2, 0.25) is 0 Å². The number of furan rings is 1. The van der Waals surface area contributed by atoms with Gasteiger partial charge >= 0.3 is 5.97 Å². The number of esters is 1. The second kappa shape index (κ2) is 9.78. The maximum absolute atomic E-state index is 12.4. The Labute approximate surface area is 182 Å². The zero-order chi connectivity index (χ0) is 21.6. The van der Waals surface area contributed by atoms with Crippen molar-refractivity contribution in [2.24, 2.45) is 0 Å². The number of hydrogen-bond donors (Lipinski definition) is 1. The molecule has 1 aliphatic rings. The van der Waals surface area contributed by atoms with Crippen LogP contribution in [0.1, 0.15) is 29.5 Å². The molecule has 4 rings (SSSR count). The minimum atomic E-state index is -0.409. The van der Waals surface area contributed by atoms with E-state index in [0.29, 0.717) is 34.8 Å². The summed E-state index contributed by atoms with van der Waals surface area (Å²) in [4.78, 5) is 25.8. The first-order valence-electron chi connectivity index (χ1n) is 10.8. The molecule has 8 nitrogen and oxygen atoms in total. The summed E-state index contributed by atoms with van der Waals surface area (Å²) in [7, 11) is 0. The maximum atomic E-state index is 12.4. The van der Waals surface area contributed by atoms with Crippen molar-refractivity contribution < 1.29 is 13.9 Å². The zero-order valence-electron chi connectivity index (χ0n) is 18.1. The number of aromatic nitrogens is 2. The van der Waals surface area contributed by atoms with Gasteiger partial charge < -0.3 is 19.4 Å². The predicted molar refractivity (Wildman–Crippen MR) is 121 cm³/mol. The number of nitrogens with one attached hydrogen (secondary N) is 1. The lowest BCUT2D eigenvalue weighted by molar-refractivity contribution is 0.0526. The van der Waals surface area contributed by atoms with Crippen LogP contribution in [0.25, 0.3) is 11.1 Å². The molecule has 1 saturated heterocycles. The van der Waals surface area contributed by atoms with Gasteiger partial charge in [-0.2, -0.15) is 0 Å². The third kappa shape index (κ3) is 4.80. The largest absolute Gasteiger partial charge is 0.462 e. The number of anilines is 2. The van der Waals surface area contributed by atoms with E-state index < -0.39 is 5.97 Å². The number of carbonyl (C=O) groups excluding carboxylic acids is 1. The van der Waals surface area contributed by atoms with Crippen LogP contribution in [-0.2, 0) is 4.74 Å². The molecule has 0 spiro atoms. The highest BCUT2D eigenvalue weighted by molar-refractivity contribution is 6.07. The molecule has 3 aromatic rings. The van der Waals surface area contributed by atoms with Crippen molar-refractivity contribution in [1.29, 1.82) is 0 Å². The van der Waals surface area contributed by atoms with Crippen molar-refractivity contribution in [3.05, 3.63) is 48.0 Å². The first-order chi connectivity index (χ1) is 15.2. The molecule has 0 aliphatic carbocycles. The summed E-state index contributed by atoms with van der Waals surface area (Å²) in [6, 6.07) is 10.6. The van der Waals surface area contributed by atoms with Crippen LogP contribution in [0, 0.1) is 6.92 Å². The molecular weight excluding hydrogens is 394 g/mol. The fourth-order valence-electron chi connectivity index (χ4n) is 4.01. The average molecular weight is 424 g/mol. The van der Waals surface area contributed by atoms with E-state index in [4.69, 9.17) is 9.15 Å². The van der Waals surface area contributed by atoms with Gasteiger partial charge in [-0.3, -0.25) is 4.90 Å². The SMILES string of the molecule is CCOC(=O)c1c(C)oc2ncnc(NCCCN3CCN(c4ccccc4)CC3)c12. The van der Waals surface area contributed by atoms with Gasteiger partial charge in [0.25, 0.3) is 0 Å². The molecule has 31 heavy (non-hydrogen) atoms. The van der Waals surface area contributed by atoms with E-state index in [0.717, 1.165) is 45.7 Å². The van der Waals surface area contributed by atoms with E-state index in [1.807, 2.05) is 0 Å². The predicted octanol–water partition coefficient (Wildman–Crippen LogP) is 3.33.